The maximum atomic E-state index is 10.1. The number of benzene rings is 2. The lowest BCUT2D eigenvalue weighted by molar-refractivity contribution is 0.277. The standard InChI is InChI=1S/C18H15NO2/c20-12-14-10-16(15-8-4-5-9-18(15)21)17(11-19-14)13-6-2-1-3-7-13/h1-11,20-21H,12H2. The normalized spacial score (nSPS) is 10.5. The minimum Gasteiger partial charge on any atom is -0.507 e. The van der Waals surface area contributed by atoms with Crippen molar-refractivity contribution in [3.05, 3.63) is 72.6 Å². The van der Waals surface area contributed by atoms with Gasteiger partial charge in [-0.05, 0) is 23.3 Å². The number of nitrogens with zero attached hydrogens (tertiary/aromatic N) is 1. The second-order valence-electron chi connectivity index (χ2n) is 4.76. The lowest BCUT2D eigenvalue weighted by Gasteiger charge is -2.12. The lowest BCUT2D eigenvalue weighted by atomic mass is 9.95. The van der Waals surface area contributed by atoms with Gasteiger partial charge >= 0.3 is 0 Å². The molecule has 0 bridgehead atoms. The molecule has 3 nitrogen and oxygen atoms in total. The Hall–Kier alpha value is -2.65. The zero-order chi connectivity index (χ0) is 14.7. The van der Waals surface area contributed by atoms with E-state index in [-0.39, 0.29) is 12.4 Å². The van der Waals surface area contributed by atoms with Crippen LogP contribution in [-0.2, 0) is 6.61 Å². The zero-order valence-corrected chi connectivity index (χ0v) is 11.4. The molecule has 3 heteroatoms. The molecule has 2 N–H and O–H groups in total. The maximum absolute atomic E-state index is 10.1. The lowest BCUT2D eigenvalue weighted by Crippen LogP contribution is -1.93. The van der Waals surface area contributed by atoms with E-state index in [2.05, 4.69) is 4.98 Å². The molecule has 0 atom stereocenters. The highest BCUT2D eigenvalue weighted by Gasteiger charge is 2.12. The molecule has 1 heterocycles. The third-order valence-electron chi connectivity index (χ3n) is 3.40. The summed E-state index contributed by atoms with van der Waals surface area (Å²) in [6, 6.07) is 18.9. The number of aromatic nitrogens is 1. The highest BCUT2D eigenvalue weighted by atomic mass is 16.3. The molecule has 21 heavy (non-hydrogen) atoms. The summed E-state index contributed by atoms with van der Waals surface area (Å²) in [5.74, 6) is 0.213. The molecule has 0 saturated heterocycles. The zero-order valence-electron chi connectivity index (χ0n) is 11.4. The van der Waals surface area contributed by atoms with Crippen LogP contribution in [0.4, 0.5) is 0 Å². The van der Waals surface area contributed by atoms with Crippen molar-refractivity contribution in [1.29, 1.82) is 0 Å². The number of hydrogen-bond donors (Lipinski definition) is 2. The fourth-order valence-corrected chi connectivity index (χ4v) is 2.36. The van der Waals surface area contributed by atoms with E-state index in [1.807, 2.05) is 48.5 Å². The van der Waals surface area contributed by atoms with Gasteiger partial charge in [-0.3, -0.25) is 4.98 Å². The first kappa shape index (κ1) is 13.3. The second-order valence-corrected chi connectivity index (χ2v) is 4.76. The Bertz CT molecular complexity index is 754. The molecule has 0 aliphatic rings. The first-order valence-corrected chi connectivity index (χ1v) is 6.73. The quantitative estimate of drug-likeness (QED) is 0.769. The summed E-state index contributed by atoms with van der Waals surface area (Å²) in [6.07, 6.45) is 1.74. The molecule has 3 aromatic rings. The molecule has 1 aromatic heterocycles. The van der Waals surface area contributed by atoms with Crippen LogP contribution in [0.15, 0.2) is 66.9 Å². The van der Waals surface area contributed by atoms with Crippen molar-refractivity contribution in [2.24, 2.45) is 0 Å². The van der Waals surface area contributed by atoms with Gasteiger partial charge in [0.05, 0.1) is 12.3 Å². The Morgan fingerprint density at radius 3 is 2.24 bits per heavy atom. The monoisotopic (exact) mass is 277 g/mol. The molecular formula is C18H15NO2. The summed E-state index contributed by atoms with van der Waals surface area (Å²) in [6.45, 7) is -0.129. The van der Waals surface area contributed by atoms with Gasteiger partial charge in [-0.1, -0.05) is 48.5 Å². The summed E-state index contributed by atoms with van der Waals surface area (Å²) >= 11 is 0. The number of para-hydroxylation sites is 1. The van der Waals surface area contributed by atoms with Crippen LogP contribution in [0.1, 0.15) is 5.69 Å². The molecule has 0 aliphatic heterocycles. The molecule has 104 valence electrons. The Labute approximate surface area is 123 Å². The van der Waals surface area contributed by atoms with Crippen molar-refractivity contribution < 1.29 is 10.2 Å². The van der Waals surface area contributed by atoms with E-state index >= 15 is 0 Å². The van der Waals surface area contributed by atoms with Crippen LogP contribution in [0, 0.1) is 0 Å². The Kier molecular flexibility index (Phi) is 3.67. The molecule has 0 aliphatic carbocycles. The fourth-order valence-electron chi connectivity index (χ4n) is 2.36. The largest absolute Gasteiger partial charge is 0.507 e. The van der Waals surface area contributed by atoms with Crippen LogP contribution in [0.25, 0.3) is 22.3 Å². The molecular weight excluding hydrogens is 262 g/mol. The van der Waals surface area contributed by atoms with E-state index in [0.29, 0.717) is 5.69 Å². The number of aliphatic hydroxyl groups excluding tert-OH is 1. The van der Waals surface area contributed by atoms with E-state index in [0.717, 1.165) is 22.3 Å². The predicted octanol–water partition coefficient (Wildman–Crippen LogP) is 3.61. The SMILES string of the molecule is OCc1cc(-c2ccccc2O)c(-c2ccccc2)cn1. The van der Waals surface area contributed by atoms with Gasteiger partial charge in [-0.2, -0.15) is 0 Å². The summed E-state index contributed by atoms with van der Waals surface area (Å²) < 4.78 is 0. The first-order chi connectivity index (χ1) is 10.3. The summed E-state index contributed by atoms with van der Waals surface area (Å²) in [5.41, 5.74) is 4.11. The van der Waals surface area contributed by atoms with Crippen LogP contribution in [0.3, 0.4) is 0 Å². The molecule has 0 unspecified atom stereocenters. The van der Waals surface area contributed by atoms with E-state index in [1.165, 1.54) is 0 Å². The topological polar surface area (TPSA) is 53.4 Å². The van der Waals surface area contributed by atoms with E-state index in [9.17, 15) is 10.2 Å². The highest BCUT2D eigenvalue weighted by Crippen LogP contribution is 2.36. The number of phenols is 1. The van der Waals surface area contributed by atoms with Crippen LogP contribution >= 0.6 is 0 Å². The van der Waals surface area contributed by atoms with Crippen molar-refractivity contribution >= 4 is 0 Å². The highest BCUT2D eigenvalue weighted by molar-refractivity contribution is 5.85. The average Bonchev–Trinajstić information content (AvgIpc) is 2.55. The molecule has 0 fully saturated rings. The van der Waals surface area contributed by atoms with Crippen LogP contribution in [0.5, 0.6) is 5.75 Å². The van der Waals surface area contributed by atoms with Gasteiger partial charge < -0.3 is 10.2 Å². The molecule has 2 aromatic carbocycles. The third-order valence-corrected chi connectivity index (χ3v) is 3.40. The summed E-state index contributed by atoms with van der Waals surface area (Å²) in [5, 5.41) is 19.4. The molecule has 0 spiro atoms. The molecule has 0 amide bonds. The van der Waals surface area contributed by atoms with Gasteiger partial charge in [0.25, 0.3) is 0 Å². The van der Waals surface area contributed by atoms with E-state index in [1.54, 1.807) is 18.3 Å². The number of rotatable bonds is 3. The summed E-state index contributed by atoms with van der Waals surface area (Å²) in [7, 11) is 0. The molecule has 0 saturated carbocycles. The van der Waals surface area contributed by atoms with Crippen LogP contribution in [-0.4, -0.2) is 15.2 Å². The average molecular weight is 277 g/mol. The van der Waals surface area contributed by atoms with Gasteiger partial charge in [0, 0.05) is 17.3 Å². The Morgan fingerprint density at radius 1 is 0.810 bits per heavy atom. The Balaban J connectivity index is 2.24. The smallest absolute Gasteiger partial charge is 0.123 e. The number of aliphatic hydroxyl groups is 1. The van der Waals surface area contributed by atoms with Crippen molar-refractivity contribution in [3.63, 3.8) is 0 Å². The number of aromatic hydroxyl groups is 1. The first-order valence-electron chi connectivity index (χ1n) is 6.73. The summed E-state index contributed by atoms with van der Waals surface area (Å²) in [4.78, 5) is 4.26. The van der Waals surface area contributed by atoms with Gasteiger partial charge in [0.1, 0.15) is 5.75 Å². The van der Waals surface area contributed by atoms with Crippen LogP contribution in [0.2, 0.25) is 0 Å². The molecule has 3 rings (SSSR count). The maximum Gasteiger partial charge on any atom is 0.123 e. The van der Waals surface area contributed by atoms with Gasteiger partial charge in [0.15, 0.2) is 0 Å². The van der Waals surface area contributed by atoms with Crippen molar-refractivity contribution in [3.8, 4) is 28.0 Å². The van der Waals surface area contributed by atoms with Crippen molar-refractivity contribution in [1.82, 2.24) is 4.98 Å². The fraction of sp³-hybridized carbons (Fsp3) is 0.0556. The Morgan fingerprint density at radius 2 is 1.52 bits per heavy atom. The van der Waals surface area contributed by atoms with Gasteiger partial charge in [-0.25, -0.2) is 0 Å². The number of phenolic OH excluding ortho intramolecular Hbond substituents is 1. The predicted molar refractivity (Wildman–Crippen MR) is 82.7 cm³/mol. The third kappa shape index (κ3) is 2.64. The van der Waals surface area contributed by atoms with E-state index < -0.39 is 0 Å². The minimum atomic E-state index is -0.129. The van der Waals surface area contributed by atoms with Crippen molar-refractivity contribution in [2.45, 2.75) is 6.61 Å². The van der Waals surface area contributed by atoms with E-state index in [4.69, 9.17) is 0 Å². The van der Waals surface area contributed by atoms with Crippen LogP contribution < -0.4 is 0 Å². The molecule has 0 radical (unpaired) electrons. The van der Waals surface area contributed by atoms with Gasteiger partial charge in [-0.15, -0.1) is 0 Å². The number of hydrogen-bond acceptors (Lipinski definition) is 3. The number of pyridine rings is 1. The second kappa shape index (κ2) is 5.77. The van der Waals surface area contributed by atoms with Gasteiger partial charge in [0.2, 0.25) is 0 Å². The minimum absolute atomic E-state index is 0.129. The van der Waals surface area contributed by atoms with Crippen molar-refractivity contribution in [2.75, 3.05) is 0 Å².